The number of nitrogens with zero attached hydrogens (tertiary/aromatic N) is 4. The van der Waals surface area contributed by atoms with Crippen molar-refractivity contribution in [2.45, 2.75) is 33.2 Å². The quantitative estimate of drug-likeness (QED) is 0.817. The van der Waals surface area contributed by atoms with Crippen LogP contribution in [0.1, 0.15) is 25.3 Å². The van der Waals surface area contributed by atoms with Gasteiger partial charge in [-0.25, -0.2) is 4.68 Å². The maximum atomic E-state index is 5.74. The molecule has 0 saturated carbocycles. The van der Waals surface area contributed by atoms with Gasteiger partial charge in [-0.15, -0.1) is 5.10 Å². The summed E-state index contributed by atoms with van der Waals surface area (Å²) >= 11 is 0. The Bertz CT molecular complexity index is 503. The van der Waals surface area contributed by atoms with E-state index in [0.29, 0.717) is 0 Å². The summed E-state index contributed by atoms with van der Waals surface area (Å²) in [5.41, 5.74) is 8.64. The number of hydrogen-bond acceptors (Lipinski definition) is 4. The first-order valence-electron chi connectivity index (χ1n) is 5.85. The van der Waals surface area contributed by atoms with Gasteiger partial charge in [-0.3, -0.25) is 0 Å². The average Bonchev–Trinajstić information content (AvgIpc) is 2.74. The molecule has 90 valence electrons. The molecule has 0 aliphatic rings. The van der Waals surface area contributed by atoms with Gasteiger partial charge in [0.05, 0.1) is 0 Å². The van der Waals surface area contributed by atoms with E-state index in [2.05, 4.69) is 22.4 Å². The zero-order valence-corrected chi connectivity index (χ0v) is 10.2. The Labute approximate surface area is 101 Å². The molecule has 0 atom stereocenters. The van der Waals surface area contributed by atoms with Crippen molar-refractivity contribution in [1.29, 1.82) is 0 Å². The summed E-state index contributed by atoms with van der Waals surface area (Å²) in [4.78, 5) is 0. The summed E-state index contributed by atoms with van der Waals surface area (Å²) in [5, 5.41) is 11.9. The topological polar surface area (TPSA) is 69.6 Å². The predicted molar refractivity (Wildman–Crippen MR) is 67.3 cm³/mol. The van der Waals surface area contributed by atoms with Crippen LogP contribution < -0.4 is 5.73 Å². The van der Waals surface area contributed by atoms with Crippen molar-refractivity contribution in [1.82, 2.24) is 20.2 Å². The molecule has 0 radical (unpaired) electrons. The summed E-state index contributed by atoms with van der Waals surface area (Å²) in [6.07, 6.45) is 2.20. The minimum absolute atomic E-state index is 0.763. The molecule has 0 aliphatic carbocycles. The lowest BCUT2D eigenvalue weighted by Gasteiger charge is -2.07. The van der Waals surface area contributed by atoms with Crippen LogP contribution in [0.3, 0.4) is 0 Å². The number of tetrazole rings is 1. The summed E-state index contributed by atoms with van der Waals surface area (Å²) in [6, 6.07) is 5.79. The van der Waals surface area contributed by atoms with Crippen LogP contribution in [0.15, 0.2) is 18.2 Å². The lowest BCUT2D eigenvalue weighted by molar-refractivity contribution is 0.557. The molecule has 2 aromatic rings. The average molecular weight is 231 g/mol. The van der Waals surface area contributed by atoms with E-state index in [1.54, 1.807) is 0 Å². The van der Waals surface area contributed by atoms with Crippen LogP contribution in [-0.2, 0) is 6.54 Å². The largest absolute Gasteiger partial charge is 0.399 e. The highest BCUT2D eigenvalue weighted by molar-refractivity contribution is 5.63. The third-order valence-corrected chi connectivity index (χ3v) is 2.75. The first-order valence-corrected chi connectivity index (χ1v) is 5.85. The van der Waals surface area contributed by atoms with Crippen molar-refractivity contribution >= 4 is 5.69 Å². The van der Waals surface area contributed by atoms with Crippen molar-refractivity contribution in [2.24, 2.45) is 0 Å². The molecule has 1 aromatic heterocycles. The zero-order valence-electron chi connectivity index (χ0n) is 10.2. The number of nitrogen functional groups attached to an aromatic ring is 1. The standard InChI is InChI=1S/C12H17N5/c1-3-4-7-17-12(14-15-16-17)11-6-5-10(13)8-9(11)2/h5-6,8H,3-4,7,13H2,1-2H3. The lowest BCUT2D eigenvalue weighted by atomic mass is 10.1. The number of aromatic nitrogens is 4. The molecular formula is C12H17N5. The summed E-state index contributed by atoms with van der Waals surface area (Å²) in [6.45, 7) is 5.02. The molecule has 0 fully saturated rings. The number of nitrogens with two attached hydrogens (primary N) is 1. The molecule has 2 N–H and O–H groups in total. The number of aryl methyl sites for hydroxylation is 2. The molecule has 0 saturated heterocycles. The molecule has 0 amide bonds. The normalized spacial score (nSPS) is 10.7. The molecule has 2 rings (SSSR count). The Morgan fingerprint density at radius 3 is 2.88 bits per heavy atom. The van der Waals surface area contributed by atoms with Gasteiger partial charge in [0.2, 0.25) is 0 Å². The fourth-order valence-electron chi connectivity index (χ4n) is 1.79. The van der Waals surface area contributed by atoms with Gasteiger partial charge >= 0.3 is 0 Å². The molecule has 0 aliphatic heterocycles. The first-order chi connectivity index (χ1) is 8.22. The maximum Gasteiger partial charge on any atom is 0.182 e. The van der Waals surface area contributed by atoms with E-state index in [1.807, 2.05) is 29.8 Å². The number of unbranched alkanes of at least 4 members (excludes halogenated alkanes) is 1. The van der Waals surface area contributed by atoms with Crippen molar-refractivity contribution in [2.75, 3.05) is 5.73 Å². The Hall–Kier alpha value is -1.91. The number of rotatable bonds is 4. The number of hydrogen-bond donors (Lipinski definition) is 1. The van der Waals surface area contributed by atoms with E-state index in [9.17, 15) is 0 Å². The Balaban J connectivity index is 2.35. The second kappa shape index (κ2) is 4.95. The van der Waals surface area contributed by atoms with Gasteiger partial charge in [0.25, 0.3) is 0 Å². The van der Waals surface area contributed by atoms with Gasteiger partial charge in [-0.05, 0) is 47.5 Å². The van der Waals surface area contributed by atoms with Crippen molar-refractivity contribution < 1.29 is 0 Å². The fourth-order valence-corrected chi connectivity index (χ4v) is 1.79. The second-order valence-corrected chi connectivity index (χ2v) is 4.15. The van der Waals surface area contributed by atoms with Crippen LogP contribution in [0.4, 0.5) is 5.69 Å². The highest BCUT2D eigenvalue weighted by Crippen LogP contribution is 2.22. The summed E-state index contributed by atoms with van der Waals surface area (Å²) in [7, 11) is 0. The number of anilines is 1. The molecule has 5 nitrogen and oxygen atoms in total. The van der Waals surface area contributed by atoms with E-state index in [-0.39, 0.29) is 0 Å². The third kappa shape index (κ3) is 2.43. The van der Waals surface area contributed by atoms with E-state index in [4.69, 9.17) is 5.73 Å². The van der Waals surface area contributed by atoms with Gasteiger partial charge in [0.1, 0.15) is 0 Å². The molecule has 1 aromatic carbocycles. The highest BCUT2D eigenvalue weighted by Gasteiger charge is 2.10. The molecule has 0 spiro atoms. The predicted octanol–water partition coefficient (Wildman–Crippen LogP) is 2.03. The minimum Gasteiger partial charge on any atom is -0.399 e. The van der Waals surface area contributed by atoms with Gasteiger partial charge in [0.15, 0.2) is 5.82 Å². The van der Waals surface area contributed by atoms with Crippen molar-refractivity contribution in [3.8, 4) is 11.4 Å². The Kier molecular flexibility index (Phi) is 3.37. The molecule has 17 heavy (non-hydrogen) atoms. The Morgan fingerprint density at radius 2 is 2.18 bits per heavy atom. The summed E-state index contributed by atoms with van der Waals surface area (Å²) < 4.78 is 1.85. The van der Waals surface area contributed by atoms with Crippen LogP contribution >= 0.6 is 0 Å². The smallest absolute Gasteiger partial charge is 0.182 e. The van der Waals surface area contributed by atoms with Crippen molar-refractivity contribution in [3.05, 3.63) is 23.8 Å². The molecule has 1 heterocycles. The zero-order chi connectivity index (χ0) is 12.3. The van der Waals surface area contributed by atoms with Gasteiger partial charge in [0, 0.05) is 17.8 Å². The lowest BCUT2D eigenvalue weighted by Crippen LogP contribution is -2.03. The van der Waals surface area contributed by atoms with Gasteiger partial charge < -0.3 is 5.73 Å². The van der Waals surface area contributed by atoms with Crippen LogP contribution in [0, 0.1) is 6.92 Å². The molecule has 0 bridgehead atoms. The Morgan fingerprint density at radius 1 is 1.35 bits per heavy atom. The van der Waals surface area contributed by atoms with Crippen LogP contribution in [-0.4, -0.2) is 20.2 Å². The van der Waals surface area contributed by atoms with Crippen LogP contribution in [0.5, 0.6) is 0 Å². The van der Waals surface area contributed by atoms with E-state index in [0.717, 1.165) is 42.0 Å². The molecule has 0 unspecified atom stereocenters. The third-order valence-electron chi connectivity index (χ3n) is 2.75. The summed E-state index contributed by atoms with van der Waals surface area (Å²) in [5.74, 6) is 0.816. The fraction of sp³-hybridized carbons (Fsp3) is 0.417. The second-order valence-electron chi connectivity index (χ2n) is 4.15. The van der Waals surface area contributed by atoms with Crippen molar-refractivity contribution in [3.63, 3.8) is 0 Å². The van der Waals surface area contributed by atoms with Gasteiger partial charge in [-0.2, -0.15) is 0 Å². The molecule has 5 heteroatoms. The van der Waals surface area contributed by atoms with E-state index < -0.39 is 0 Å². The van der Waals surface area contributed by atoms with E-state index in [1.165, 1.54) is 0 Å². The molecular weight excluding hydrogens is 214 g/mol. The maximum absolute atomic E-state index is 5.74. The SMILES string of the molecule is CCCCn1nnnc1-c1ccc(N)cc1C. The van der Waals surface area contributed by atoms with Crippen LogP contribution in [0.2, 0.25) is 0 Å². The first kappa shape index (κ1) is 11.6. The number of benzene rings is 1. The van der Waals surface area contributed by atoms with E-state index >= 15 is 0 Å². The van der Waals surface area contributed by atoms with Gasteiger partial charge in [-0.1, -0.05) is 13.3 Å². The minimum atomic E-state index is 0.763. The monoisotopic (exact) mass is 231 g/mol. The highest BCUT2D eigenvalue weighted by atomic mass is 15.5. The van der Waals surface area contributed by atoms with Crippen LogP contribution in [0.25, 0.3) is 11.4 Å².